The van der Waals surface area contributed by atoms with Crippen LogP contribution < -0.4 is 0 Å². The SMILES string of the molecule is COC(=O)C12CC(c3ccc(C(F)(F)F)cc3)(C1)C2. The summed E-state index contributed by atoms with van der Waals surface area (Å²) in [5.41, 5.74) is -0.202. The molecule has 0 N–H and O–H groups in total. The van der Waals surface area contributed by atoms with Gasteiger partial charge >= 0.3 is 12.1 Å². The topological polar surface area (TPSA) is 26.3 Å². The lowest BCUT2D eigenvalue weighted by molar-refractivity contribution is -0.198. The molecular formula is C14H13F3O2. The maximum Gasteiger partial charge on any atom is 0.416 e. The Morgan fingerprint density at radius 1 is 1.16 bits per heavy atom. The number of carbonyl (C=O) groups excluding carboxylic acids is 1. The van der Waals surface area contributed by atoms with E-state index >= 15 is 0 Å². The number of halogens is 3. The van der Waals surface area contributed by atoms with E-state index in [1.165, 1.54) is 19.2 Å². The average molecular weight is 270 g/mol. The van der Waals surface area contributed by atoms with Crippen LogP contribution in [0.3, 0.4) is 0 Å². The fourth-order valence-corrected chi connectivity index (χ4v) is 3.54. The number of ether oxygens (including phenoxy) is 1. The van der Waals surface area contributed by atoms with Crippen molar-refractivity contribution < 1.29 is 22.7 Å². The van der Waals surface area contributed by atoms with Crippen LogP contribution in [0, 0.1) is 5.41 Å². The molecule has 3 saturated carbocycles. The highest BCUT2D eigenvalue weighted by Gasteiger charge is 2.72. The van der Waals surface area contributed by atoms with Gasteiger partial charge in [0.1, 0.15) is 0 Å². The van der Waals surface area contributed by atoms with Crippen LogP contribution in [-0.4, -0.2) is 13.1 Å². The van der Waals surface area contributed by atoms with Gasteiger partial charge in [0.25, 0.3) is 0 Å². The molecule has 0 spiro atoms. The smallest absolute Gasteiger partial charge is 0.416 e. The predicted molar refractivity (Wildman–Crippen MR) is 61.4 cm³/mol. The first-order valence-corrected chi connectivity index (χ1v) is 6.08. The van der Waals surface area contributed by atoms with Crippen molar-refractivity contribution in [3.63, 3.8) is 0 Å². The van der Waals surface area contributed by atoms with Gasteiger partial charge < -0.3 is 4.74 Å². The van der Waals surface area contributed by atoms with E-state index in [1.807, 2.05) is 0 Å². The zero-order chi connectivity index (χ0) is 13.9. The lowest BCUT2D eigenvalue weighted by Crippen LogP contribution is -2.68. The first-order valence-electron chi connectivity index (χ1n) is 6.08. The van der Waals surface area contributed by atoms with Crippen LogP contribution in [0.4, 0.5) is 13.2 Å². The number of benzene rings is 1. The van der Waals surface area contributed by atoms with Gasteiger partial charge in [-0.1, -0.05) is 12.1 Å². The van der Waals surface area contributed by atoms with Crippen LogP contribution in [0.15, 0.2) is 24.3 Å². The normalized spacial score (nSPS) is 32.2. The number of rotatable bonds is 2. The molecular weight excluding hydrogens is 257 g/mol. The monoisotopic (exact) mass is 270 g/mol. The Bertz CT molecular complexity index is 511. The van der Waals surface area contributed by atoms with Crippen molar-refractivity contribution in [3.05, 3.63) is 35.4 Å². The Balaban J connectivity index is 1.76. The summed E-state index contributed by atoms with van der Waals surface area (Å²) in [7, 11) is 1.37. The van der Waals surface area contributed by atoms with Crippen LogP contribution in [0.1, 0.15) is 30.4 Å². The number of hydrogen-bond acceptors (Lipinski definition) is 2. The molecule has 0 saturated heterocycles. The summed E-state index contributed by atoms with van der Waals surface area (Å²) in [6, 6.07) is 5.29. The molecule has 1 aromatic carbocycles. The minimum Gasteiger partial charge on any atom is -0.469 e. The molecule has 3 fully saturated rings. The molecule has 5 heteroatoms. The first kappa shape index (κ1) is 12.5. The van der Waals surface area contributed by atoms with Crippen molar-refractivity contribution >= 4 is 5.97 Å². The van der Waals surface area contributed by atoms with Gasteiger partial charge in [-0.05, 0) is 42.4 Å². The molecule has 0 aromatic heterocycles. The maximum absolute atomic E-state index is 12.5. The van der Waals surface area contributed by atoms with Crippen LogP contribution in [0.25, 0.3) is 0 Å². The highest BCUT2D eigenvalue weighted by molar-refractivity contribution is 5.82. The number of alkyl halides is 3. The second-order valence-electron chi connectivity index (χ2n) is 5.66. The standard InChI is InChI=1S/C14H13F3O2/c1-19-11(18)13-6-12(7-13,8-13)9-2-4-10(5-3-9)14(15,16)17/h2-5H,6-8H2,1H3. The van der Waals surface area contributed by atoms with Crippen molar-refractivity contribution in [1.82, 2.24) is 0 Å². The fourth-order valence-electron chi connectivity index (χ4n) is 3.54. The summed E-state index contributed by atoms with van der Waals surface area (Å²) in [4.78, 5) is 11.5. The minimum atomic E-state index is -4.30. The van der Waals surface area contributed by atoms with Gasteiger partial charge in [0, 0.05) is 0 Å². The van der Waals surface area contributed by atoms with Crippen LogP contribution in [0.5, 0.6) is 0 Å². The van der Waals surface area contributed by atoms with E-state index in [1.54, 1.807) is 0 Å². The van der Waals surface area contributed by atoms with E-state index in [0.717, 1.165) is 17.7 Å². The number of hydrogen-bond donors (Lipinski definition) is 0. The van der Waals surface area contributed by atoms with Crippen molar-refractivity contribution in [3.8, 4) is 0 Å². The van der Waals surface area contributed by atoms with Gasteiger partial charge in [0.15, 0.2) is 0 Å². The van der Waals surface area contributed by atoms with E-state index < -0.39 is 11.7 Å². The van der Waals surface area contributed by atoms with Crippen molar-refractivity contribution in [2.75, 3.05) is 7.11 Å². The van der Waals surface area contributed by atoms with Crippen LogP contribution in [0.2, 0.25) is 0 Å². The van der Waals surface area contributed by atoms with E-state index in [0.29, 0.717) is 19.3 Å². The summed E-state index contributed by atoms with van der Waals surface area (Å²) in [6.45, 7) is 0. The lowest BCUT2D eigenvalue weighted by Gasteiger charge is -2.68. The van der Waals surface area contributed by atoms with Gasteiger partial charge in [0.05, 0.1) is 18.1 Å². The molecule has 1 aromatic rings. The summed E-state index contributed by atoms with van der Waals surface area (Å²) in [5.74, 6) is -0.193. The Morgan fingerprint density at radius 3 is 2.11 bits per heavy atom. The van der Waals surface area contributed by atoms with Gasteiger partial charge in [-0.15, -0.1) is 0 Å². The Morgan fingerprint density at radius 2 is 1.68 bits per heavy atom. The number of carbonyl (C=O) groups is 1. The van der Waals surface area contributed by atoms with E-state index in [4.69, 9.17) is 4.74 Å². The molecule has 0 amide bonds. The molecule has 0 aliphatic heterocycles. The van der Waals surface area contributed by atoms with E-state index in [-0.39, 0.29) is 16.8 Å². The fraction of sp³-hybridized carbons (Fsp3) is 0.500. The van der Waals surface area contributed by atoms with Crippen LogP contribution in [-0.2, 0) is 21.1 Å². The van der Waals surface area contributed by atoms with Crippen molar-refractivity contribution in [2.45, 2.75) is 30.9 Å². The second kappa shape index (κ2) is 3.52. The van der Waals surface area contributed by atoms with Gasteiger partial charge in [-0.2, -0.15) is 13.2 Å². The van der Waals surface area contributed by atoms with Gasteiger partial charge in [-0.25, -0.2) is 0 Å². The zero-order valence-corrected chi connectivity index (χ0v) is 10.4. The highest BCUT2D eigenvalue weighted by atomic mass is 19.4. The summed E-state index contributed by atoms with van der Waals surface area (Å²) in [5, 5.41) is 0. The van der Waals surface area contributed by atoms with Gasteiger partial charge in [0.2, 0.25) is 0 Å². The molecule has 0 heterocycles. The molecule has 3 aliphatic carbocycles. The third-order valence-corrected chi connectivity index (χ3v) is 4.47. The lowest BCUT2D eigenvalue weighted by atomic mass is 9.33. The number of esters is 1. The zero-order valence-electron chi connectivity index (χ0n) is 10.4. The third kappa shape index (κ3) is 1.60. The second-order valence-corrected chi connectivity index (χ2v) is 5.66. The van der Waals surface area contributed by atoms with Crippen molar-refractivity contribution in [1.29, 1.82) is 0 Å². The quantitative estimate of drug-likeness (QED) is 0.771. The largest absolute Gasteiger partial charge is 0.469 e. The Kier molecular flexibility index (Phi) is 2.32. The molecule has 0 radical (unpaired) electrons. The van der Waals surface area contributed by atoms with E-state index in [2.05, 4.69) is 0 Å². The van der Waals surface area contributed by atoms with Gasteiger partial charge in [-0.3, -0.25) is 4.79 Å². The summed E-state index contributed by atoms with van der Waals surface area (Å²) < 4.78 is 42.2. The highest BCUT2D eigenvalue weighted by Crippen LogP contribution is 2.73. The maximum atomic E-state index is 12.5. The number of methoxy groups -OCH3 is 1. The molecule has 2 bridgehead atoms. The first-order chi connectivity index (χ1) is 8.81. The molecule has 0 unspecified atom stereocenters. The molecule has 3 aliphatic rings. The molecule has 4 rings (SSSR count). The van der Waals surface area contributed by atoms with Crippen molar-refractivity contribution in [2.24, 2.45) is 5.41 Å². The van der Waals surface area contributed by atoms with Crippen LogP contribution >= 0.6 is 0 Å². The predicted octanol–water partition coefficient (Wildman–Crippen LogP) is 3.30. The summed E-state index contributed by atoms with van der Waals surface area (Å²) >= 11 is 0. The minimum absolute atomic E-state index is 0.0989. The molecule has 0 atom stereocenters. The third-order valence-electron chi connectivity index (χ3n) is 4.47. The molecule has 19 heavy (non-hydrogen) atoms. The molecule has 2 nitrogen and oxygen atoms in total. The molecule has 102 valence electrons. The summed E-state index contributed by atoms with van der Waals surface area (Å²) in [6.07, 6.45) is -2.22. The Labute approximate surface area is 108 Å². The average Bonchev–Trinajstić information content (AvgIpc) is 2.24. The Hall–Kier alpha value is -1.52. The van der Waals surface area contributed by atoms with E-state index in [9.17, 15) is 18.0 Å².